The van der Waals surface area contributed by atoms with E-state index in [4.69, 9.17) is 5.11 Å². The van der Waals surface area contributed by atoms with Gasteiger partial charge in [0.25, 0.3) is 0 Å². The summed E-state index contributed by atoms with van der Waals surface area (Å²) in [5, 5.41) is 8.90. The third-order valence-electron chi connectivity index (χ3n) is 2.77. The Kier molecular flexibility index (Phi) is 10.4. The summed E-state index contributed by atoms with van der Waals surface area (Å²) in [7, 11) is 0. The molecule has 0 fully saturated rings. The number of hydrogen-bond acceptors (Lipinski definition) is 2. The van der Waals surface area contributed by atoms with Crippen LogP contribution in [0.25, 0.3) is 0 Å². The Morgan fingerprint density at radius 3 is 2.11 bits per heavy atom. The summed E-state index contributed by atoms with van der Waals surface area (Å²) in [5.74, 6) is 0.566. The number of aliphatic hydroxyl groups is 1. The first-order chi connectivity index (χ1) is 8.99. The lowest BCUT2D eigenvalue weighted by atomic mass is 10.1. The second kappa shape index (κ2) is 10.9. The molecule has 0 aromatic heterocycles. The molecule has 0 aliphatic rings. The van der Waals surface area contributed by atoms with Gasteiger partial charge in [-0.2, -0.15) is 0 Å². The lowest BCUT2D eigenvalue weighted by molar-refractivity contribution is 0.103. The van der Waals surface area contributed by atoms with Crippen LogP contribution >= 0.6 is 0 Å². The molecule has 3 heteroatoms. The molecule has 110 valence electrons. The van der Waals surface area contributed by atoms with Crippen LogP contribution in [0.3, 0.4) is 0 Å². The first-order valence-electron chi connectivity index (χ1n) is 7.05. The molecule has 0 aliphatic carbocycles. The molecule has 0 bridgehead atoms. The van der Waals surface area contributed by atoms with Crippen LogP contribution < -0.4 is 0 Å². The van der Waals surface area contributed by atoms with Crippen molar-refractivity contribution < 1.29 is 9.50 Å². The van der Waals surface area contributed by atoms with Crippen molar-refractivity contribution in [2.45, 2.75) is 40.5 Å². The largest absolute Gasteiger partial charge is 0.381 e. The molecule has 2 nitrogen and oxygen atoms in total. The zero-order valence-electron chi connectivity index (χ0n) is 12.7. The number of benzene rings is 1. The van der Waals surface area contributed by atoms with Crippen molar-refractivity contribution >= 4 is 0 Å². The fourth-order valence-corrected chi connectivity index (χ4v) is 1.54. The molecule has 0 saturated heterocycles. The van der Waals surface area contributed by atoms with E-state index in [2.05, 4.69) is 25.7 Å². The van der Waals surface area contributed by atoms with Crippen molar-refractivity contribution in [3.63, 3.8) is 0 Å². The van der Waals surface area contributed by atoms with Gasteiger partial charge in [0.1, 0.15) is 5.82 Å². The summed E-state index contributed by atoms with van der Waals surface area (Å²) in [4.78, 5) is 2.08. The van der Waals surface area contributed by atoms with Crippen LogP contribution in [-0.2, 0) is 0 Å². The number of rotatable bonds is 6. The van der Waals surface area contributed by atoms with Crippen molar-refractivity contribution in [3.8, 4) is 0 Å². The van der Waals surface area contributed by atoms with Gasteiger partial charge >= 0.3 is 0 Å². The molecule has 0 radical (unpaired) electrons. The summed E-state index contributed by atoms with van der Waals surface area (Å²) in [6.07, 6.45) is 2.30. The van der Waals surface area contributed by atoms with Crippen LogP contribution in [0.4, 0.5) is 4.39 Å². The highest BCUT2D eigenvalue weighted by Gasteiger charge is 2.02. The minimum Gasteiger partial charge on any atom is -0.381 e. The molecule has 0 aliphatic heterocycles. The van der Waals surface area contributed by atoms with Gasteiger partial charge in [-0.1, -0.05) is 38.5 Å². The van der Waals surface area contributed by atoms with E-state index in [1.54, 1.807) is 12.1 Å². The van der Waals surface area contributed by atoms with Gasteiger partial charge in [-0.15, -0.1) is 0 Å². The number of aryl methyl sites for hydroxylation is 1. The molecule has 1 rings (SSSR count). The lowest BCUT2D eigenvalue weighted by Crippen LogP contribution is -2.27. The molecular weight excluding hydrogens is 241 g/mol. The molecule has 1 aromatic rings. The third kappa shape index (κ3) is 10.7. The second-order valence-electron chi connectivity index (χ2n) is 5.24. The van der Waals surface area contributed by atoms with Gasteiger partial charge in [0.15, 0.2) is 0 Å². The Bertz CT molecular complexity index is 290. The minimum absolute atomic E-state index is 0.171. The Hall–Kier alpha value is -0.930. The molecular formula is C16H28FNO. The normalized spacial score (nSPS) is 10.5. The Morgan fingerprint density at radius 2 is 1.74 bits per heavy atom. The van der Waals surface area contributed by atoms with Gasteiger partial charge < -0.3 is 5.11 Å². The van der Waals surface area contributed by atoms with Gasteiger partial charge in [-0.25, -0.2) is 4.39 Å². The molecule has 0 atom stereocenters. The maximum atomic E-state index is 12.1. The zero-order chi connectivity index (χ0) is 14.7. The molecule has 1 aromatic carbocycles. The highest BCUT2D eigenvalue weighted by atomic mass is 19.1. The summed E-state index contributed by atoms with van der Waals surface area (Å²) in [5.41, 5.74) is 1.09. The zero-order valence-corrected chi connectivity index (χ0v) is 12.7. The van der Waals surface area contributed by atoms with E-state index in [-0.39, 0.29) is 12.5 Å². The molecule has 19 heavy (non-hydrogen) atoms. The highest BCUT2D eigenvalue weighted by molar-refractivity contribution is 5.13. The van der Waals surface area contributed by atoms with E-state index in [0.29, 0.717) is 0 Å². The van der Waals surface area contributed by atoms with E-state index in [9.17, 15) is 4.39 Å². The monoisotopic (exact) mass is 269 g/mol. The Morgan fingerprint density at radius 1 is 1.16 bits per heavy atom. The van der Waals surface area contributed by atoms with Crippen LogP contribution in [0, 0.1) is 18.7 Å². The Labute approximate surface area is 117 Å². The smallest absolute Gasteiger partial charge is 0.123 e. The van der Waals surface area contributed by atoms with Crippen molar-refractivity contribution in [3.05, 3.63) is 35.6 Å². The average molecular weight is 269 g/mol. The van der Waals surface area contributed by atoms with Gasteiger partial charge in [0.2, 0.25) is 0 Å². The van der Waals surface area contributed by atoms with Crippen LogP contribution in [0.5, 0.6) is 0 Å². The molecule has 0 unspecified atom stereocenters. The summed E-state index contributed by atoms with van der Waals surface area (Å²) in [6.45, 7) is 10.7. The fraction of sp³-hybridized carbons (Fsp3) is 0.625. The fourth-order valence-electron chi connectivity index (χ4n) is 1.54. The summed E-state index contributed by atoms with van der Waals surface area (Å²) in [6, 6.07) is 6.40. The van der Waals surface area contributed by atoms with Gasteiger partial charge in [0.05, 0.1) is 6.73 Å². The van der Waals surface area contributed by atoms with Crippen molar-refractivity contribution in [1.82, 2.24) is 4.90 Å². The van der Waals surface area contributed by atoms with E-state index in [1.807, 2.05) is 6.92 Å². The van der Waals surface area contributed by atoms with Gasteiger partial charge in [-0.05, 0) is 37.8 Å². The molecule has 0 saturated carbocycles. The van der Waals surface area contributed by atoms with Crippen LogP contribution in [0.2, 0.25) is 0 Å². The van der Waals surface area contributed by atoms with Crippen LogP contribution in [0.1, 0.15) is 39.2 Å². The lowest BCUT2D eigenvalue weighted by Gasteiger charge is -2.19. The minimum atomic E-state index is -0.171. The van der Waals surface area contributed by atoms with Crippen molar-refractivity contribution in [2.24, 2.45) is 5.92 Å². The Balaban J connectivity index is 0.000000356. The average Bonchev–Trinajstić information content (AvgIpc) is 2.38. The van der Waals surface area contributed by atoms with Gasteiger partial charge in [-0.3, -0.25) is 4.90 Å². The number of halogens is 1. The van der Waals surface area contributed by atoms with E-state index < -0.39 is 0 Å². The van der Waals surface area contributed by atoms with Gasteiger partial charge in [0, 0.05) is 13.1 Å². The highest BCUT2D eigenvalue weighted by Crippen LogP contribution is 2.01. The second-order valence-corrected chi connectivity index (χ2v) is 5.24. The molecule has 0 spiro atoms. The molecule has 0 amide bonds. The number of hydrogen-bond donors (Lipinski definition) is 1. The summed E-state index contributed by atoms with van der Waals surface area (Å²) >= 11 is 0. The maximum absolute atomic E-state index is 12.1. The third-order valence-corrected chi connectivity index (χ3v) is 2.77. The summed E-state index contributed by atoms with van der Waals surface area (Å²) < 4.78 is 12.1. The predicted octanol–water partition coefficient (Wildman–Crippen LogP) is 3.83. The molecule has 1 N–H and O–H groups in total. The molecule has 0 heterocycles. The van der Waals surface area contributed by atoms with Crippen molar-refractivity contribution in [1.29, 1.82) is 0 Å². The predicted molar refractivity (Wildman–Crippen MR) is 79.5 cm³/mol. The SMILES string of the molecule is CCCN(CO)CCC(C)C.Cc1ccc(F)cc1. The van der Waals surface area contributed by atoms with E-state index in [1.165, 1.54) is 18.6 Å². The first kappa shape index (κ1) is 18.1. The topological polar surface area (TPSA) is 23.5 Å². The van der Waals surface area contributed by atoms with Crippen molar-refractivity contribution in [2.75, 3.05) is 19.8 Å². The first-order valence-corrected chi connectivity index (χ1v) is 7.05. The number of nitrogens with zero attached hydrogens (tertiary/aromatic N) is 1. The van der Waals surface area contributed by atoms with E-state index >= 15 is 0 Å². The quantitative estimate of drug-likeness (QED) is 0.793. The van der Waals surface area contributed by atoms with Crippen LogP contribution in [-0.4, -0.2) is 29.8 Å². The standard InChI is InChI=1S/C9H21NO.C7H7F/c1-4-6-10(8-11)7-5-9(2)3;1-6-2-4-7(8)5-3-6/h9,11H,4-8H2,1-3H3;2-5H,1H3. The van der Waals surface area contributed by atoms with Crippen LogP contribution in [0.15, 0.2) is 24.3 Å². The van der Waals surface area contributed by atoms with E-state index in [0.717, 1.165) is 31.0 Å². The number of aliphatic hydroxyl groups excluding tert-OH is 1. The maximum Gasteiger partial charge on any atom is 0.123 e.